The highest BCUT2D eigenvalue weighted by molar-refractivity contribution is 5.65. The molecule has 1 aromatic rings. The van der Waals surface area contributed by atoms with Crippen molar-refractivity contribution in [3.8, 4) is 5.75 Å². The van der Waals surface area contributed by atoms with E-state index in [0.717, 1.165) is 18.7 Å². The number of nitrogens with zero attached hydrogens (tertiary/aromatic N) is 2. The van der Waals surface area contributed by atoms with Crippen LogP contribution in [0.3, 0.4) is 0 Å². The Morgan fingerprint density at radius 2 is 2.00 bits per heavy atom. The zero-order chi connectivity index (χ0) is 11.4. The Hall–Kier alpha value is -1.51. The molecule has 1 aromatic carbocycles. The molecule has 1 aliphatic rings. The van der Waals surface area contributed by atoms with Crippen LogP contribution in [0.15, 0.2) is 23.2 Å². The summed E-state index contributed by atoms with van der Waals surface area (Å²) in [7, 11) is 0. The summed E-state index contributed by atoms with van der Waals surface area (Å²) in [5, 5.41) is 9.63. The van der Waals surface area contributed by atoms with Crippen LogP contribution in [0.5, 0.6) is 5.75 Å². The van der Waals surface area contributed by atoms with Gasteiger partial charge in [-0.25, -0.2) is 4.99 Å². The Morgan fingerprint density at radius 1 is 1.25 bits per heavy atom. The van der Waals surface area contributed by atoms with Gasteiger partial charge in [0.1, 0.15) is 11.4 Å². The number of aliphatic imine (C=N–C) groups is 1. The van der Waals surface area contributed by atoms with E-state index in [1.165, 1.54) is 19.3 Å². The summed E-state index contributed by atoms with van der Waals surface area (Å²) in [6, 6.07) is 5.48. The van der Waals surface area contributed by atoms with Gasteiger partial charge in [-0.1, -0.05) is 6.07 Å². The quantitative estimate of drug-likeness (QED) is 0.612. The van der Waals surface area contributed by atoms with Crippen LogP contribution in [0.1, 0.15) is 24.8 Å². The van der Waals surface area contributed by atoms with Gasteiger partial charge in [-0.2, -0.15) is 0 Å². The summed E-state index contributed by atoms with van der Waals surface area (Å²) in [4.78, 5) is 6.55. The molecule has 0 aliphatic carbocycles. The molecule has 0 spiro atoms. The monoisotopic (exact) mass is 218 g/mol. The Kier molecular flexibility index (Phi) is 3.44. The van der Waals surface area contributed by atoms with E-state index in [4.69, 9.17) is 0 Å². The molecule has 0 bridgehead atoms. The first-order chi connectivity index (χ1) is 7.75. The lowest BCUT2D eigenvalue weighted by molar-refractivity contribution is 0.351. The van der Waals surface area contributed by atoms with E-state index in [0.29, 0.717) is 5.69 Å². The summed E-state index contributed by atoms with van der Waals surface area (Å²) in [6.07, 6.45) is 5.66. The predicted molar refractivity (Wildman–Crippen MR) is 66.4 cm³/mol. The first kappa shape index (κ1) is 11.0. The molecule has 0 amide bonds. The highest BCUT2D eigenvalue weighted by atomic mass is 16.3. The lowest BCUT2D eigenvalue weighted by atomic mass is 10.1. The molecule has 1 saturated heterocycles. The van der Waals surface area contributed by atoms with Gasteiger partial charge in [-0.15, -0.1) is 0 Å². The fraction of sp³-hybridized carbons (Fsp3) is 0.462. The van der Waals surface area contributed by atoms with Crippen LogP contribution in [-0.2, 0) is 0 Å². The largest absolute Gasteiger partial charge is 0.506 e. The molecule has 1 aliphatic heterocycles. The van der Waals surface area contributed by atoms with Crippen molar-refractivity contribution in [1.82, 2.24) is 4.90 Å². The van der Waals surface area contributed by atoms with Crippen LogP contribution in [0.2, 0.25) is 0 Å². The first-order valence-electron chi connectivity index (χ1n) is 5.83. The molecule has 2 rings (SSSR count). The summed E-state index contributed by atoms with van der Waals surface area (Å²) in [6.45, 7) is 4.16. The summed E-state index contributed by atoms with van der Waals surface area (Å²) in [5.74, 6) is 0.249. The van der Waals surface area contributed by atoms with Crippen LogP contribution in [-0.4, -0.2) is 29.4 Å². The second-order valence-corrected chi connectivity index (χ2v) is 4.33. The molecular formula is C13H18N2O. The molecule has 0 radical (unpaired) electrons. The molecule has 1 heterocycles. The van der Waals surface area contributed by atoms with Crippen LogP contribution < -0.4 is 0 Å². The maximum absolute atomic E-state index is 9.63. The van der Waals surface area contributed by atoms with Gasteiger partial charge in [0.25, 0.3) is 0 Å². The van der Waals surface area contributed by atoms with E-state index in [1.54, 1.807) is 6.07 Å². The number of aryl methyl sites for hydroxylation is 1. The normalized spacial score (nSPS) is 16.9. The van der Waals surface area contributed by atoms with Crippen molar-refractivity contribution < 1.29 is 5.11 Å². The fourth-order valence-corrected chi connectivity index (χ4v) is 1.91. The topological polar surface area (TPSA) is 35.8 Å². The number of aromatic hydroxyl groups is 1. The van der Waals surface area contributed by atoms with Crippen molar-refractivity contribution >= 4 is 12.0 Å². The maximum Gasteiger partial charge on any atom is 0.141 e. The van der Waals surface area contributed by atoms with Gasteiger partial charge in [-0.3, -0.25) is 0 Å². The van der Waals surface area contributed by atoms with Crippen molar-refractivity contribution in [2.75, 3.05) is 13.1 Å². The van der Waals surface area contributed by atoms with E-state index < -0.39 is 0 Å². The number of hydrogen-bond acceptors (Lipinski definition) is 2. The lowest BCUT2D eigenvalue weighted by Gasteiger charge is -2.23. The van der Waals surface area contributed by atoms with Crippen LogP contribution in [0.25, 0.3) is 0 Å². The third-order valence-electron chi connectivity index (χ3n) is 2.88. The highest BCUT2D eigenvalue weighted by Crippen LogP contribution is 2.26. The summed E-state index contributed by atoms with van der Waals surface area (Å²) >= 11 is 0. The van der Waals surface area contributed by atoms with E-state index in [9.17, 15) is 5.11 Å². The summed E-state index contributed by atoms with van der Waals surface area (Å²) < 4.78 is 0. The van der Waals surface area contributed by atoms with E-state index in [-0.39, 0.29) is 5.75 Å². The lowest BCUT2D eigenvalue weighted by Crippen LogP contribution is -2.27. The van der Waals surface area contributed by atoms with Gasteiger partial charge in [0.15, 0.2) is 0 Å². The molecule has 3 nitrogen and oxygen atoms in total. The molecule has 0 unspecified atom stereocenters. The number of benzene rings is 1. The van der Waals surface area contributed by atoms with Crippen molar-refractivity contribution in [3.05, 3.63) is 23.8 Å². The predicted octanol–water partition coefficient (Wildman–Crippen LogP) is 2.85. The zero-order valence-electron chi connectivity index (χ0n) is 9.69. The number of hydrogen-bond donors (Lipinski definition) is 1. The number of likely N-dealkylation sites (tertiary alicyclic amines) is 1. The van der Waals surface area contributed by atoms with Gasteiger partial charge in [0.05, 0.1) is 6.34 Å². The van der Waals surface area contributed by atoms with Crippen molar-refractivity contribution in [3.63, 3.8) is 0 Å². The van der Waals surface area contributed by atoms with Gasteiger partial charge < -0.3 is 10.0 Å². The van der Waals surface area contributed by atoms with Crippen molar-refractivity contribution in [1.29, 1.82) is 0 Å². The molecule has 3 heteroatoms. The van der Waals surface area contributed by atoms with E-state index in [2.05, 4.69) is 9.89 Å². The SMILES string of the molecule is Cc1ccc(O)c(N=CN2CCCCC2)c1. The van der Waals surface area contributed by atoms with E-state index in [1.807, 2.05) is 25.4 Å². The number of phenolic OH excluding ortho intramolecular Hbond substituents is 1. The minimum atomic E-state index is 0.249. The molecule has 1 N–H and O–H groups in total. The molecule has 16 heavy (non-hydrogen) atoms. The first-order valence-corrected chi connectivity index (χ1v) is 5.83. The Morgan fingerprint density at radius 3 is 2.75 bits per heavy atom. The molecule has 0 saturated carbocycles. The third-order valence-corrected chi connectivity index (χ3v) is 2.88. The second kappa shape index (κ2) is 5.01. The minimum Gasteiger partial charge on any atom is -0.506 e. The Bertz CT molecular complexity index is 382. The van der Waals surface area contributed by atoms with E-state index >= 15 is 0 Å². The van der Waals surface area contributed by atoms with Gasteiger partial charge >= 0.3 is 0 Å². The average molecular weight is 218 g/mol. The second-order valence-electron chi connectivity index (χ2n) is 4.33. The van der Waals surface area contributed by atoms with Gasteiger partial charge in [0, 0.05) is 13.1 Å². The van der Waals surface area contributed by atoms with Crippen LogP contribution in [0, 0.1) is 6.92 Å². The fourth-order valence-electron chi connectivity index (χ4n) is 1.91. The standard InChI is InChI=1S/C13H18N2O/c1-11-5-6-13(16)12(9-11)14-10-15-7-3-2-4-8-15/h5-6,9-10,16H,2-4,7-8H2,1H3. The molecule has 86 valence electrons. The number of rotatable bonds is 2. The number of phenols is 1. The molecule has 0 atom stereocenters. The Labute approximate surface area is 96.4 Å². The average Bonchev–Trinajstić information content (AvgIpc) is 2.32. The third kappa shape index (κ3) is 2.75. The molecular weight excluding hydrogens is 200 g/mol. The van der Waals surface area contributed by atoms with Crippen LogP contribution in [0.4, 0.5) is 5.69 Å². The highest BCUT2D eigenvalue weighted by Gasteiger charge is 2.06. The van der Waals surface area contributed by atoms with Crippen molar-refractivity contribution in [2.45, 2.75) is 26.2 Å². The zero-order valence-corrected chi connectivity index (χ0v) is 9.69. The molecule has 0 aromatic heterocycles. The minimum absolute atomic E-state index is 0.249. The van der Waals surface area contributed by atoms with Gasteiger partial charge in [-0.05, 0) is 43.9 Å². The van der Waals surface area contributed by atoms with Gasteiger partial charge in [0.2, 0.25) is 0 Å². The van der Waals surface area contributed by atoms with Crippen molar-refractivity contribution in [2.24, 2.45) is 4.99 Å². The maximum atomic E-state index is 9.63. The summed E-state index contributed by atoms with van der Waals surface area (Å²) in [5.41, 5.74) is 1.77. The molecule has 1 fully saturated rings. The van der Waals surface area contributed by atoms with Crippen LogP contribution >= 0.6 is 0 Å². The smallest absolute Gasteiger partial charge is 0.141 e. The Balaban J connectivity index is 2.07. The number of piperidine rings is 1.